The van der Waals surface area contributed by atoms with E-state index in [0.29, 0.717) is 15.9 Å². The van der Waals surface area contributed by atoms with Gasteiger partial charge in [0.25, 0.3) is 0 Å². The number of likely N-dealkylation sites (N-methyl/N-ethyl adjacent to an activating group) is 1. The van der Waals surface area contributed by atoms with Gasteiger partial charge < -0.3 is 5.32 Å². The van der Waals surface area contributed by atoms with Crippen LogP contribution in [0.15, 0.2) is 45.3 Å². The van der Waals surface area contributed by atoms with Crippen LogP contribution in [0, 0.1) is 5.82 Å². The van der Waals surface area contributed by atoms with Crippen molar-refractivity contribution in [2.45, 2.75) is 19.4 Å². The Morgan fingerprint density at radius 3 is 2.67 bits per heavy atom. The lowest BCUT2D eigenvalue weighted by molar-refractivity contribution is 0.545. The van der Waals surface area contributed by atoms with E-state index in [9.17, 15) is 4.39 Å². The highest BCUT2D eigenvalue weighted by molar-refractivity contribution is 9.10. The third-order valence-corrected chi connectivity index (χ3v) is 4.95. The van der Waals surface area contributed by atoms with Gasteiger partial charge in [0.2, 0.25) is 0 Å². The van der Waals surface area contributed by atoms with Gasteiger partial charge in [-0.1, -0.05) is 52.7 Å². The lowest BCUT2D eigenvalue weighted by Crippen LogP contribution is -2.23. The second kappa shape index (κ2) is 7.73. The Morgan fingerprint density at radius 2 is 2.00 bits per heavy atom. The molecule has 5 heteroatoms. The Morgan fingerprint density at radius 1 is 1.24 bits per heavy atom. The monoisotopic (exact) mass is 433 g/mol. The molecular formula is C16H15Br2ClFN. The highest BCUT2D eigenvalue weighted by Gasteiger charge is 2.17. The molecule has 1 atom stereocenters. The quantitative estimate of drug-likeness (QED) is 0.617. The van der Waals surface area contributed by atoms with E-state index in [0.717, 1.165) is 22.1 Å². The van der Waals surface area contributed by atoms with E-state index in [2.05, 4.69) is 37.2 Å². The molecule has 0 aliphatic heterocycles. The van der Waals surface area contributed by atoms with Gasteiger partial charge in [-0.2, -0.15) is 0 Å². The van der Waals surface area contributed by atoms with Gasteiger partial charge in [0.1, 0.15) is 5.82 Å². The van der Waals surface area contributed by atoms with Crippen LogP contribution in [0.5, 0.6) is 0 Å². The molecule has 0 heterocycles. The minimum Gasteiger partial charge on any atom is -0.310 e. The zero-order chi connectivity index (χ0) is 15.4. The largest absolute Gasteiger partial charge is 0.310 e. The molecule has 0 saturated carbocycles. The molecule has 112 valence electrons. The van der Waals surface area contributed by atoms with Crippen molar-refractivity contribution in [1.82, 2.24) is 5.32 Å². The SMILES string of the molecule is CCNC(Cc1cccc(F)c1Br)c1ccc(Br)cc1Cl. The molecule has 0 fully saturated rings. The first kappa shape index (κ1) is 16.9. The summed E-state index contributed by atoms with van der Waals surface area (Å²) in [6.45, 7) is 2.85. The molecule has 1 nitrogen and oxygen atoms in total. The predicted molar refractivity (Wildman–Crippen MR) is 93.4 cm³/mol. The van der Waals surface area contributed by atoms with Gasteiger partial charge in [-0.15, -0.1) is 0 Å². The number of hydrogen-bond acceptors (Lipinski definition) is 1. The van der Waals surface area contributed by atoms with Crippen LogP contribution in [0.4, 0.5) is 4.39 Å². The molecule has 0 aliphatic carbocycles. The molecule has 1 unspecified atom stereocenters. The summed E-state index contributed by atoms with van der Waals surface area (Å²) in [4.78, 5) is 0. The molecule has 2 aromatic carbocycles. The number of rotatable bonds is 5. The van der Waals surface area contributed by atoms with Crippen LogP contribution in [0.25, 0.3) is 0 Å². The minimum atomic E-state index is -0.246. The molecule has 0 bridgehead atoms. The minimum absolute atomic E-state index is 0.0358. The first-order valence-electron chi connectivity index (χ1n) is 6.64. The average Bonchev–Trinajstić information content (AvgIpc) is 2.43. The molecule has 0 amide bonds. The molecule has 1 N–H and O–H groups in total. The van der Waals surface area contributed by atoms with Gasteiger partial charge in [0.15, 0.2) is 0 Å². The lowest BCUT2D eigenvalue weighted by atomic mass is 9.98. The Bertz CT molecular complexity index is 634. The zero-order valence-corrected chi connectivity index (χ0v) is 15.4. The van der Waals surface area contributed by atoms with Gasteiger partial charge in [0, 0.05) is 15.5 Å². The third-order valence-electron chi connectivity index (χ3n) is 3.24. The third kappa shape index (κ3) is 4.28. The van der Waals surface area contributed by atoms with Gasteiger partial charge >= 0.3 is 0 Å². The maximum absolute atomic E-state index is 13.7. The highest BCUT2D eigenvalue weighted by Crippen LogP contribution is 2.31. The fourth-order valence-corrected chi connectivity index (χ4v) is 3.48. The van der Waals surface area contributed by atoms with Crippen LogP contribution in [-0.4, -0.2) is 6.54 Å². The molecule has 21 heavy (non-hydrogen) atoms. The van der Waals surface area contributed by atoms with E-state index in [4.69, 9.17) is 11.6 Å². The van der Waals surface area contributed by atoms with Crippen molar-refractivity contribution < 1.29 is 4.39 Å². The molecule has 0 radical (unpaired) electrons. The van der Waals surface area contributed by atoms with Crippen LogP contribution < -0.4 is 5.32 Å². The van der Waals surface area contributed by atoms with Crippen molar-refractivity contribution in [2.75, 3.05) is 6.54 Å². The van der Waals surface area contributed by atoms with Crippen molar-refractivity contribution in [3.05, 3.63) is 67.3 Å². The van der Waals surface area contributed by atoms with Crippen molar-refractivity contribution in [3.63, 3.8) is 0 Å². The fourth-order valence-electron chi connectivity index (χ4n) is 2.25. The summed E-state index contributed by atoms with van der Waals surface area (Å²) < 4.78 is 15.1. The molecule has 0 aliphatic rings. The molecule has 0 spiro atoms. The molecule has 2 rings (SSSR count). The highest BCUT2D eigenvalue weighted by atomic mass is 79.9. The molecule has 0 aromatic heterocycles. The Kier molecular flexibility index (Phi) is 6.23. The van der Waals surface area contributed by atoms with Gasteiger partial charge in [-0.3, -0.25) is 0 Å². The number of hydrogen-bond donors (Lipinski definition) is 1. The number of nitrogens with one attached hydrogen (secondary N) is 1. The maximum atomic E-state index is 13.7. The second-order valence-corrected chi connectivity index (χ2v) is 6.81. The van der Waals surface area contributed by atoms with Crippen LogP contribution in [0.3, 0.4) is 0 Å². The fraction of sp³-hybridized carbons (Fsp3) is 0.250. The normalized spacial score (nSPS) is 12.4. The summed E-state index contributed by atoms with van der Waals surface area (Å²) in [5.74, 6) is -0.246. The molecular weight excluding hydrogens is 420 g/mol. The van der Waals surface area contributed by atoms with E-state index in [1.165, 1.54) is 6.07 Å². The van der Waals surface area contributed by atoms with Crippen LogP contribution in [-0.2, 0) is 6.42 Å². The zero-order valence-electron chi connectivity index (χ0n) is 11.5. The second-order valence-electron chi connectivity index (χ2n) is 4.69. The van der Waals surface area contributed by atoms with Gasteiger partial charge in [0.05, 0.1) is 4.47 Å². The number of halogens is 4. The lowest BCUT2D eigenvalue weighted by Gasteiger charge is -2.20. The van der Waals surface area contributed by atoms with Crippen molar-refractivity contribution in [1.29, 1.82) is 0 Å². The molecule has 0 saturated heterocycles. The van der Waals surface area contributed by atoms with Crippen LogP contribution in [0.1, 0.15) is 24.1 Å². The molecule has 2 aromatic rings. The Labute approximate surface area is 146 Å². The summed E-state index contributed by atoms with van der Waals surface area (Å²) >= 11 is 13.1. The van der Waals surface area contributed by atoms with Crippen LogP contribution >= 0.6 is 43.5 Å². The predicted octanol–water partition coefficient (Wildman–Crippen LogP) is 5.90. The summed E-state index contributed by atoms with van der Waals surface area (Å²) in [6, 6.07) is 11.0. The first-order valence-corrected chi connectivity index (χ1v) is 8.60. The first-order chi connectivity index (χ1) is 10.0. The van der Waals surface area contributed by atoms with Gasteiger partial charge in [-0.25, -0.2) is 4.39 Å². The standard InChI is InChI=1S/C16H15Br2ClFN/c1-2-21-15(12-7-6-11(17)9-13(12)19)8-10-4-3-5-14(20)16(10)18/h3-7,9,15,21H,2,8H2,1H3. The maximum Gasteiger partial charge on any atom is 0.137 e. The van der Waals surface area contributed by atoms with E-state index in [-0.39, 0.29) is 11.9 Å². The summed E-state index contributed by atoms with van der Waals surface area (Å²) in [5.41, 5.74) is 1.93. The number of benzene rings is 2. The smallest absolute Gasteiger partial charge is 0.137 e. The Hall–Kier alpha value is -0.420. The van der Waals surface area contributed by atoms with Crippen molar-refractivity contribution >= 4 is 43.5 Å². The van der Waals surface area contributed by atoms with E-state index >= 15 is 0 Å². The van der Waals surface area contributed by atoms with Crippen LogP contribution in [0.2, 0.25) is 5.02 Å². The topological polar surface area (TPSA) is 12.0 Å². The van der Waals surface area contributed by atoms with E-state index < -0.39 is 0 Å². The van der Waals surface area contributed by atoms with Crippen molar-refractivity contribution in [3.8, 4) is 0 Å². The van der Waals surface area contributed by atoms with E-state index in [1.807, 2.05) is 31.2 Å². The van der Waals surface area contributed by atoms with Gasteiger partial charge in [-0.05, 0) is 58.2 Å². The Balaban J connectivity index is 2.33. The summed E-state index contributed by atoms with van der Waals surface area (Å²) in [5, 5.41) is 4.11. The van der Waals surface area contributed by atoms with Crippen molar-refractivity contribution in [2.24, 2.45) is 0 Å². The summed E-state index contributed by atoms with van der Waals surface area (Å²) in [6.07, 6.45) is 0.660. The average molecular weight is 436 g/mol. The van der Waals surface area contributed by atoms with E-state index in [1.54, 1.807) is 6.07 Å². The summed E-state index contributed by atoms with van der Waals surface area (Å²) in [7, 11) is 0.